The summed E-state index contributed by atoms with van der Waals surface area (Å²) in [6, 6.07) is 0. The summed E-state index contributed by atoms with van der Waals surface area (Å²) in [5.74, 6) is -4.31. The molecule has 9 heteroatoms. The molecule has 0 bridgehead atoms. The van der Waals surface area contributed by atoms with Crippen LogP contribution in [0.2, 0.25) is 0 Å². The number of rotatable bonds is 6. The summed E-state index contributed by atoms with van der Waals surface area (Å²) in [7, 11) is 0. The van der Waals surface area contributed by atoms with Gasteiger partial charge in [0.2, 0.25) is 5.91 Å². The zero-order valence-electron chi connectivity index (χ0n) is 15.5. The fourth-order valence-corrected chi connectivity index (χ4v) is 4.40. The largest absolute Gasteiger partial charge is 0.481 e. The number of thiophene rings is 1. The van der Waals surface area contributed by atoms with E-state index in [9.17, 15) is 24.3 Å². The fourth-order valence-electron chi connectivity index (χ4n) is 3.31. The molecular weight excluding hydrogens is 372 g/mol. The maximum Gasteiger partial charge on any atom is 0.348 e. The van der Waals surface area contributed by atoms with Gasteiger partial charge in [-0.25, -0.2) is 4.79 Å². The maximum absolute atomic E-state index is 12.7. The van der Waals surface area contributed by atoms with Crippen LogP contribution in [0, 0.1) is 18.8 Å². The normalized spacial score (nSPS) is 19.6. The van der Waals surface area contributed by atoms with E-state index in [0.29, 0.717) is 18.4 Å². The highest BCUT2D eigenvalue weighted by atomic mass is 32.1. The van der Waals surface area contributed by atoms with E-state index in [1.165, 1.54) is 0 Å². The van der Waals surface area contributed by atoms with Crippen molar-refractivity contribution in [3.63, 3.8) is 0 Å². The fraction of sp³-hybridized carbons (Fsp3) is 0.556. The van der Waals surface area contributed by atoms with Crippen LogP contribution in [0.1, 0.15) is 65.1 Å². The first kappa shape index (κ1) is 20.9. The second-order valence-electron chi connectivity index (χ2n) is 6.90. The van der Waals surface area contributed by atoms with Crippen molar-refractivity contribution >= 4 is 40.1 Å². The predicted molar refractivity (Wildman–Crippen MR) is 99.8 cm³/mol. The van der Waals surface area contributed by atoms with Crippen molar-refractivity contribution in [2.75, 3.05) is 5.32 Å². The van der Waals surface area contributed by atoms with Gasteiger partial charge in [-0.15, -0.1) is 11.3 Å². The number of hydrogen-bond acceptors (Lipinski definition) is 6. The molecule has 0 aromatic carbocycles. The van der Waals surface area contributed by atoms with Crippen molar-refractivity contribution in [1.82, 2.24) is 0 Å². The average Bonchev–Trinajstić information content (AvgIpc) is 2.90. The number of hydrogen-bond donors (Lipinski definition) is 3. The molecule has 8 nitrogen and oxygen atoms in total. The van der Waals surface area contributed by atoms with Gasteiger partial charge in [0.25, 0.3) is 5.91 Å². The lowest BCUT2D eigenvalue weighted by molar-refractivity contribution is -0.147. The Morgan fingerprint density at radius 2 is 1.78 bits per heavy atom. The van der Waals surface area contributed by atoms with Gasteiger partial charge in [-0.2, -0.15) is 0 Å². The van der Waals surface area contributed by atoms with Crippen LogP contribution in [-0.4, -0.2) is 35.0 Å². The van der Waals surface area contributed by atoms with Crippen LogP contribution >= 0.6 is 11.3 Å². The zero-order valence-corrected chi connectivity index (χ0v) is 16.4. The lowest BCUT2D eigenvalue weighted by Gasteiger charge is -2.27. The predicted octanol–water partition coefficient (Wildman–Crippen LogP) is 2.55. The van der Waals surface area contributed by atoms with E-state index in [0.717, 1.165) is 24.2 Å². The Morgan fingerprint density at radius 3 is 2.30 bits per heavy atom. The first-order chi connectivity index (χ1) is 12.6. The van der Waals surface area contributed by atoms with E-state index in [1.807, 2.05) is 0 Å². The third kappa shape index (κ3) is 4.65. The van der Waals surface area contributed by atoms with Crippen molar-refractivity contribution in [3.05, 3.63) is 16.0 Å². The molecule has 0 saturated heterocycles. The molecule has 2 rings (SSSR count). The molecule has 1 aromatic heterocycles. The Hall–Kier alpha value is -2.42. The second kappa shape index (κ2) is 8.51. The summed E-state index contributed by atoms with van der Waals surface area (Å²) >= 11 is 0.912. The number of carbonyl (C=O) groups excluding carboxylic acids is 3. The Labute approximate surface area is 161 Å². The van der Waals surface area contributed by atoms with Gasteiger partial charge in [0.1, 0.15) is 9.88 Å². The van der Waals surface area contributed by atoms with Crippen molar-refractivity contribution in [3.8, 4) is 0 Å². The van der Waals surface area contributed by atoms with Gasteiger partial charge in [-0.1, -0.05) is 12.8 Å². The number of primary amides is 1. The van der Waals surface area contributed by atoms with Gasteiger partial charge in [0.15, 0.2) is 0 Å². The van der Waals surface area contributed by atoms with Gasteiger partial charge < -0.3 is 20.9 Å². The lowest BCUT2D eigenvalue weighted by atomic mass is 9.79. The molecular formula is C18H24N2O6S. The molecule has 1 aliphatic carbocycles. The van der Waals surface area contributed by atoms with Crippen LogP contribution in [0.25, 0.3) is 0 Å². The number of esters is 1. The summed E-state index contributed by atoms with van der Waals surface area (Å²) in [5.41, 5.74) is 5.82. The van der Waals surface area contributed by atoms with E-state index in [-0.39, 0.29) is 21.5 Å². The minimum absolute atomic E-state index is 0.0479. The highest BCUT2D eigenvalue weighted by molar-refractivity contribution is 7.18. The van der Waals surface area contributed by atoms with E-state index in [1.54, 1.807) is 20.8 Å². The zero-order chi connectivity index (χ0) is 20.3. The van der Waals surface area contributed by atoms with Crippen LogP contribution in [0.4, 0.5) is 5.00 Å². The SMILES string of the molecule is Cc1c(C(=O)OC(C)C)sc(NC(=O)[C@H]2CCCC[C@@H]2C(=O)O)c1C(N)=O. The monoisotopic (exact) mass is 396 g/mol. The van der Waals surface area contributed by atoms with Crippen molar-refractivity contribution in [1.29, 1.82) is 0 Å². The first-order valence-electron chi connectivity index (χ1n) is 8.81. The molecule has 1 heterocycles. The lowest BCUT2D eigenvalue weighted by Crippen LogP contribution is -2.36. The quantitative estimate of drug-likeness (QED) is 0.632. The molecule has 27 heavy (non-hydrogen) atoms. The number of nitrogens with two attached hydrogens (primary N) is 1. The smallest absolute Gasteiger partial charge is 0.348 e. The third-order valence-corrected chi connectivity index (χ3v) is 5.77. The Bertz CT molecular complexity index is 770. The van der Waals surface area contributed by atoms with E-state index in [4.69, 9.17) is 10.5 Å². The molecule has 1 aromatic rings. The summed E-state index contributed by atoms with van der Waals surface area (Å²) in [6.45, 7) is 4.96. The minimum Gasteiger partial charge on any atom is -0.481 e. The molecule has 1 fully saturated rings. The van der Waals surface area contributed by atoms with Crippen LogP contribution in [-0.2, 0) is 14.3 Å². The number of ether oxygens (including phenoxy) is 1. The van der Waals surface area contributed by atoms with Gasteiger partial charge >= 0.3 is 11.9 Å². The van der Waals surface area contributed by atoms with E-state index >= 15 is 0 Å². The van der Waals surface area contributed by atoms with Crippen molar-refractivity contribution in [2.45, 2.75) is 52.6 Å². The number of carboxylic acid groups (broad SMARTS) is 1. The Kier molecular flexibility index (Phi) is 6.59. The molecule has 1 saturated carbocycles. The van der Waals surface area contributed by atoms with Crippen LogP contribution in [0.15, 0.2) is 0 Å². The van der Waals surface area contributed by atoms with Crippen LogP contribution in [0.5, 0.6) is 0 Å². The molecule has 2 atom stereocenters. The molecule has 0 aliphatic heterocycles. The summed E-state index contributed by atoms with van der Waals surface area (Å²) in [6.07, 6.45) is 2.08. The van der Waals surface area contributed by atoms with Gasteiger partial charge in [0, 0.05) is 0 Å². The topological polar surface area (TPSA) is 136 Å². The van der Waals surface area contributed by atoms with Crippen LogP contribution < -0.4 is 11.1 Å². The Morgan fingerprint density at radius 1 is 1.19 bits per heavy atom. The van der Waals surface area contributed by atoms with E-state index in [2.05, 4.69) is 5.32 Å². The van der Waals surface area contributed by atoms with Gasteiger partial charge in [-0.05, 0) is 39.2 Å². The number of aliphatic carboxylic acids is 1. The number of amides is 2. The number of carbonyl (C=O) groups is 4. The molecule has 1 aliphatic rings. The standard InChI is InChI=1S/C18H24N2O6S/c1-8(2)26-18(25)13-9(3)12(14(19)21)16(27-13)20-15(22)10-6-4-5-7-11(10)17(23)24/h8,10-11H,4-7H2,1-3H3,(H2,19,21)(H,20,22)(H,23,24)/t10-,11-/m0/s1. The van der Waals surface area contributed by atoms with Crippen molar-refractivity contribution < 1.29 is 29.0 Å². The number of carboxylic acids is 1. The summed E-state index contributed by atoms with van der Waals surface area (Å²) in [5, 5.41) is 12.1. The molecule has 0 spiro atoms. The maximum atomic E-state index is 12.7. The highest BCUT2D eigenvalue weighted by Gasteiger charge is 2.36. The molecule has 0 unspecified atom stereocenters. The first-order valence-corrected chi connectivity index (χ1v) is 9.63. The van der Waals surface area contributed by atoms with Gasteiger partial charge in [-0.3, -0.25) is 14.4 Å². The van der Waals surface area contributed by atoms with Gasteiger partial charge in [0.05, 0.1) is 23.5 Å². The highest BCUT2D eigenvalue weighted by Crippen LogP contribution is 2.36. The average molecular weight is 396 g/mol. The number of nitrogens with one attached hydrogen (secondary N) is 1. The number of anilines is 1. The molecule has 4 N–H and O–H groups in total. The summed E-state index contributed by atoms with van der Waals surface area (Å²) in [4.78, 5) is 48.4. The Balaban J connectivity index is 2.31. The van der Waals surface area contributed by atoms with Crippen molar-refractivity contribution in [2.24, 2.45) is 17.6 Å². The molecule has 148 valence electrons. The minimum atomic E-state index is -1.01. The molecule has 2 amide bonds. The van der Waals surface area contributed by atoms with E-state index < -0.39 is 35.6 Å². The van der Waals surface area contributed by atoms with Crippen LogP contribution in [0.3, 0.4) is 0 Å². The second-order valence-corrected chi connectivity index (χ2v) is 7.92. The third-order valence-electron chi connectivity index (χ3n) is 4.58. The molecule has 0 radical (unpaired) electrons. The summed E-state index contributed by atoms with van der Waals surface area (Å²) < 4.78 is 5.16.